The molecule has 0 aliphatic heterocycles. The van der Waals surface area contributed by atoms with E-state index in [0.717, 1.165) is 11.3 Å². The van der Waals surface area contributed by atoms with Crippen LogP contribution >= 0.6 is 11.8 Å². The van der Waals surface area contributed by atoms with E-state index in [2.05, 4.69) is 43.8 Å². The van der Waals surface area contributed by atoms with E-state index in [1.807, 2.05) is 30.3 Å². The number of carbonyl (C=O) groups excluding carboxylic acids is 2. The lowest BCUT2D eigenvalue weighted by Gasteiger charge is -2.11. The Labute approximate surface area is 153 Å². The summed E-state index contributed by atoms with van der Waals surface area (Å²) in [5, 5.41) is 0. The van der Waals surface area contributed by atoms with Gasteiger partial charge < -0.3 is 0 Å². The number of nitrogens with one attached hydrogen (secondary N) is 2. The topological polar surface area (TPSA) is 58.2 Å². The molecule has 0 heterocycles. The molecule has 25 heavy (non-hydrogen) atoms. The predicted molar refractivity (Wildman–Crippen MR) is 103 cm³/mol. The first-order valence-electron chi connectivity index (χ1n) is 8.22. The third-order valence-corrected chi connectivity index (χ3v) is 4.83. The van der Waals surface area contributed by atoms with Crippen molar-refractivity contribution >= 4 is 23.6 Å². The number of hydrogen-bond acceptors (Lipinski definition) is 3. The monoisotopic (exact) mass is 356 g/mol. The van der Waals surface area contributed by atoms with Crippen molar-refractivity contribution in [3.63, 3.8) is 0 Å². The average Bonchev–Trinajstić information content (AvgIpc) is 2.56. The maximum Gasteiger partial charge on any atom is 0.248 e. The number of benzene rings is 2. The fourth-order valence-electron chi connectivity index (χ4n) is 2.68. The van der Waals surface area contributed by atoms with E-state index >= 15 is 0 Å². The van der Waals surface area contributed by atoms with Gasteiger partial charge in [0.1, 0.15) is 0 Å². The van der Waals surface area contributed by atoms with Gasteiger partial charge in [-0.05, 0) is 43.0 Å². The van der Waals surface area contributed by atoms with E-state index < -0.39 is 0 Å². The molecule has 0 aliphatic carbocycles. The van der Waals surface area contributed by atoms with Crippen LogP contribution in [0.3, 0.4) is 0 Å². The van der Waals surface area contributed by atoms with Crippen molar-refractivity contribution in [3.05, 3.63) is 70.3 Å². The fourth-order valence-corrected chi connectivity index (χ4v) is 3.70. The van der Waals surface area contributed by atoms with Crippen LogP contribution in [0.5, 0.6) is 0 Å². The minimum absolute atomic E-state index is 0.200. The van der Waals surface area contributed by atoms with Gasteiger partial charge in [0.05, 0.1) is 12.2 Å². The fraction of sp³-hybridized carbons (Fsp3) is 0.300. The quantitative estimate of drug-likeness (QED) is 0.781. The SMILES string of the molecule is Cc1cc(C)c(CSCC(=O)NNC(=O)Cc2ccccc2)c(C)c1. The normalized spacial score (nSPS) is 10.4. The molecule has 0 radical (unpaired) electrons. The van der Waals surface area contributed by atoms with Crippen LogP contribution in [-0.4, -0.2) is 17.6 Å². The lowest BCUT2D eigenvalue weighted by atomic mass is 10.0. The van der Waals surface area contributed by atoms with Crippen LogP contribution in [0, 0.1) is 20.8 Å². The molecule has 4 nitrogen and oxygen atoms in total. The molecule has 2 rings (SSSR count). The summed E-state index contributed by atoms with van der Waals surface area (Å²) in [4.78, 5) is 23.7. The van der Waals surface area contributed by atoms with Gasteiger partial charge in [-0.15, -0.1) is 11.8 Å². The minimum atomic E-state index is -0.227. The number of hydrazine groups is 1. The number of hydrogen-bond donors (Lipinski definition) is 2. The summed E-state index contributed by atoms with van der Waals surface area (Å²) >= 11 is 1.54. The summed E-state index contributed by atoms with van der Waals surface area (Å²) in [5.74, 6) is 0.658. The molecule has 0 atom stereocenters. The zero-order valence-corrected chi connectivity index (χ0v) is 15.7. The summed E-state index contributed by atoms with van der Waals surface area (Å²) in [6.07, 6.45) is 0.246. The Balaban J connectivity index is 1.71. The molecule has 0 bridgehead atoms. The van der Waals surface area contributed by atoms with Gasteiger partial charge in [-0.3, -0.25) is 20.4 Å². The van der Waals surface area contributed by atoms with E-state index in [4.69, 9.17) is 0 Å². The van der Waals surface area contributed by atoms with Gasteiger partial charge in [0.25, 0.3) is 0 Å². The van der Waals surface area contributed by atoms with Gasteiger partial charge in [-0.25, -0.2) is 0 Å². The van der Waals surface area contributed by atoms with E-state index in [1.165, 1.54) is 22.3 Å². The van der Waals surface area contributed by atoms with Crippen LogP contribution in [0.15, 0.2) is 42.5 Å². The second-order valence-electron chi connectivity index (χ2n) is 6.13. The molecule has 2 aromatic carbocycles. The number of amides is 2. The molecule has 5 heteroatoms. The molecule has 0 saturated carbocycles. The first kappa shape index (κ1) is 19.1. The highest BCUT2D eigenvalue weighted by molar-refractivity contribution is 7.99. The first-order valence-corrected chi connectivity index (χ1v) is 9.37. The Morgan fingerprint density at radius 2 is 1.52 bits per heavy atom. The van der Waals surface area contributed by atoms with Gasteiger partial charge in [-0.1, -0.05) is 48.0 Å². The molecular formula is C20H24N2O2S. The summed E-state index contributed by atoms with van der Waals surface area (Å²) in [5.41, 5.74) is 10.9. The van der Waals surface area contributed by atoms with E-state index in [1.54, 1.807) is 11.8 Å². The van der Waals surface area contributed by atoms with Gasteiger partial charge in [0.15, 0.2) is 0 Å². The molecule has 0 aromatic heterocycles. The molecule has 132 valence electrons. The van der Waals surface area contributed by atoms with Crippen molar-refractivity contribution < 1.29 is 9.59 Å². The molecular weight excluding hydrogens is 332 g/mol. The Morgan fingerprint density at radius 1 is 0.920 bits per heavy atom. The first-order chi connectivity index (χ1) is 12.0. The van der Waals surface area contributed by atoms with Crippen molar-refractivity contribution in [1.29, 1.82) is 0 Å². The van der Waals surface area contributed by atoms with E-state index in [-0.39, 0.29) is 18.2 Å². The molecule has 0 spiro atoms. The smallest absolute Gasteiger partial charge is 0.248 e. The van der Waals surface area contributed by atoms with Crippen molar-refractivity contribution in [2.75, 3.05) is 5.75 Å². The molecule has 0 unspecified atom stereocenters. The van der Waals surface area contributed by atoms with Gasteiger partial charge in [0.2, 0.25) is 11.8 Å². The molecule has 2 amide bonds. The maximum atomic E-state index is 11.9. The zero-order chi connectivity index (χ0) is 18.2. The van der Waals surface area contributed by atoms with Crippen molar-refractivity contribution in [2.24, 2.45) is 0 Å². The highest BCUT2D eigenvalue weighted by Crippen LogP contribution is 2.21. The molecule has 0 fully saturated rings. The lowest BCUT2D eigenvalue weighted by Crippen LogP contribution is -2.43. The standard InChI is InChI=1S/C20H24N2O2S/c1-14-9-15(2)18(16(3)10-14)12-25-13-20(24)22-21-19(23)11-17-7-5-4-6-8-17/h4-10H,11-13H2,1-3H3,(H,21,23)(H,22,24). The number of thioether (sulfide) groups is 1. The zero-order valence-electron chi connectivity index (χ0n) is 14.9. The molecule has 0 aliphatic rings. The number of carbonyl (C=O) groups is 2. The Morgan fingerprint density at radius 3 is 2.16 bits per heavy atom. The summed E-state index contributed by atoms with van der Waals surface area (Å²) in [7, 11) is 0. The summed E-state index contributed by atoms with van der Waals surface area (Å²) < 4.78 is 0. The summed E-state index contributed by atoms with van der Waals surface area (Å²) in [6.45, 7) is 6.28. The van der Waals surface area contributed by atoms with Crippen LogP contribution in [0.4, 0.5) is 0 Å². The molecule has 2 aromatic rings. The van der Waals surface area contributed by atoms with Crippen molar-refractivity contribution in [3.8, 4) is 0 Å². The summed E-state index contributed by atoms with van der Waals surface area (Å²) in [6, 6.07) is 13.7. The van der Waals surface area contributed by atoms with E-state index in [0.29, 0.717) is 5.75 Å². The number of aryl methyl sites for hydroxylation is 3. The van der Waals surface area contributed by atoms with Crippen molar-refractivity contribution in [1.82, 2.24) is 10.9 Å². The third kappa shape index (κ3) is 6.27. The second-order valence-corrected chi connectivity index (χ2v) is 7.11. The van der Waals surface area contributed by atoms with Crippen LogP contribution in [-0.2, 0) is 21.8 Å². The second kappa shape index (κ2) is 9.28. The van der Waals surface area contributed by atoms with E-state index in [9.17, 15) is 9.59 Å². The largest absolute Gasteiger partial charge is 0.273 e. The molecule has 2 N–H and O–H groups in total. The van der Waals surface area contributed by atoms with Gasteiger partial charge >= 0.3 is 0 Å². The minimum Gasteiger partial charge on any atom is -0.273 e. The third-order valence-electron chi connectivity index (χ3n) is 3.87. The van der Waals surface area contributed by atoms with Crippen LogP contribution in [0.1, 0.15) is 27.8 Å². The Kier molecular flexibility index (Phi) is 7.07. The predicted octanol–water partition coefficient (Wildman–Crippen LogP) is 3.24. The Hall–Kier alpha value is -2.27. The van der Waals surface area contributed by atoms with Crippen LogP contribution in [0.2, 0.25) is 0 Å². The maximum absolute atomic E-state index is 11.9. The van der Waals surface area contributed by atoms with Crippen LogP contribution < -0.4 is 10.9 Å². The molecule has 0 saturated heterocycles. The highest BCUT2D eigenvalue weighted by atomic mass is 32.2. The average molecular weight is 356 g/mol. The highest BCUT2D eigenvalue weighted by Gasteiger charge is 2.08. The number of rotatable bonds is 6. The Bertz CT molecular complexity index is 722. The van der Waals surface area contributed by atoms with Crippen molar-refractivity contribution in [2.45, 2.75) is 32.9 Å². The lowest BCUT2D eigenvalue weighted by molar-refractivity contribution is -0.127. The van der Waals surface area contributed by atoms with Gasteiger partial charge in [-0.2, -0.15) is 0 Å². The van der Waals surface area contributed by atoms with Gasteiger partial charge in [0, 0.05) is 5.75 Å². The van der Waals surface area contributed by atoms with Crippen LogP contribution in [0.25, 0.3) is 0 Å².